The summed E-state index contributed by atoms with van der Waals surface area (Å²) in [5.41, 5.74) is 6.21. The fraction of sp³-hybridized carbons (Fsp3) is 0.300. The molecule has 94 valence electrons. The molecule has 0 fully saturated rings. The Balaban J connectivity index is 2.22. The molecule has 0 saturated heterocycles. The molecule has 0 aliphatic carbocycles. The monoisotopic (exact) mass is 249 g/mol. The molecule has 2 heterocycles. The molecule has 1 amide bonds. The highest BCUT2D eigenvalue weighted by Crippen LogP contribution is 2.18. The average Bonchev–Trinajstić information content (AvgIpc) is 2.77. The van der Waals surface area contributed by atoms with Crippen molar-refractivity contribution in [1.29, 1.82) is 0 Å². The van der Waals surface area contributed by atoms with Crippen molar-refractivity contribution in [3.8, 4) is 11.5 Å². The van der Waals surface area contributed by atoms with Gasteiger partial charge in [-0.2, -0.15) is 4.98 Å². The Morgan fingerprint density at radius 1 is 1.50 bits per heavy atom. The SMILES string of the molecule is Cc1cc(-c2noc(C(C)OC(N)=O)n2)ncn1. The molecule has 0 bridgehead atoms. The second kappa shape index (κ2) is 4.78. The van der Waals surface area contributed by atoms with E-state index in [4.69, 9.17) is 15.0 Å². The number of aryl methyl sites for hydroxylation is 1. The Labute approximate surface area is 102 Å². The average molecular weight is 249 g/mol. The number of nitrogens with zero attached hydrogens (tertiary/aromatic N) is 4. The second-order valence-electron chi connectivity index (χ2n) is 3.58. The highest BCUT2D eigenvalue weighted by molar-refractivity contribution is 5.64. The third kappa shape index (κ3) is 2.59. The van der Waals surface area contributed by atoms with E-state index in [0.717, 1.165) is 5.69 Å². The van der Waals surface area contributed by atoms with Crippen molar-refractivity contribution in [2.75, 3.05) is 0 Å². The maximum atomic E-state index is 10.6. The van der Waals surface area contributed by atoms with Crippen LogP contribution in [0.3, 0.4) is 0 Å². The van der Waals surface area contributed by atoms with E-state index >= 15 is 0 Å². The van der Waals surface area contributed by atoms with E-state index in [-0.39, 0.29) is 5.89 Å². The van der Waals surface area contributed by atoms with Crippen molar-refractivity contribution in [2.45, 2.75) is 20.0 Å². The summed E-state index contributed by atoms with van der Waals surface area (Å²) in [6, 6.07) is 1.72. The van der Waals surface area contributed by atoms with Gasteiger partial charge in [0.25, 0.3) is 5.89 Å². The zero-order valence-corrected chi connectivity index (χ0v) is 9.82. The number of carbonyl (C=O) groups is 1. The van der Waals surface area contributed by atoms with Crippen LogP contribution >= 0.6 is 0 Å². The molecule has 0 radical (unpaired) electrons. The van der Waals surface area contributed by atoms with E-state index in [9.17, 15) is 4.79 Å². The van der Waals surface area contributed by atoms with E-state index in [1.54, 1.807) is 13.0 Å². The summed E-state index contributed by atoms with van der Waals surface area (Å²) in [6.07, 6.45) is -0.198. The first kappa shape index (κ1) is 12.0. The number of carbonyl (C=O) groups excluding carboxylic acids is 1. The number of hydrogen-bond donors (Lipinski definition) is 1. The Morgan fingerprint density at radius 2 is 2.28 bits per heavy atom. The minimum atomic E-state index is -0.903. The molecule has 0 aliphatic rings. The zero-order valence-electron chi connectivity index (χ0n) is 9.82. The first-order valence-corrected chi connectivity index (χ1v) is 5.15. The molecule has 0 aromatic carbocycles. The molecular formula is C10H11N5O3. The van der Waals surface area contributed by atoms with E-state index in [1.165, 1.54) is 6.33 Å². The summed E-state index contributed by atoms with van der Waals surface area (Å²) in [7, 11) is 0. The van der Waals surface area contributed by atoms with Crippen LogP contribution < -0.4 is 5.73 Å². The predicted octanol–water partition coefficient (Wildman–Crippen LogP) is 0.991. The lowest BCUT2D eigenvalue weighted by molar-refractivity contribution is 0.0959. The van der Waals surface area contributed by atoms with Crippen LogP contribution in [0, 0.1) is 6.92 Å². The third-order valence-corrected chi connectivity index (χ3v) is 2.12. The quantitative estimate of drug-likeness (QED) is 0.861. The second-order valence-corrected chi connectivity index (χ2v) is 3.58. The predicted molar refractivity (Wildman–Crippen MR) is 59.1 cm³/mol. The molecule has 1 unspecified atom stereocenters. The summed E-state index contributed by atoms with van der Waals surface area (Å²) >= 11 is 0. The number of nitrogens with two attached hydrogens (primary N) is 1. The largest absolute Gasteiger partial charge is 0.437 e. The fourth-order valence-electron chi connectivity index (χ4n) is 1.31. The van der Waals surface area contributed by atoms with Crippen molar-refractivity contribution in [2.24, 2.45) is 5.73 Å². The maximum absolute atomic E-state index is 10.6. The third-order valence-electron chi connectivity index (χ3n) is 2.12. The number of rotatable bonds is 3. The Kier molecular flexibility index (Phi) is 3.18. The van der Waals surface area contributed by atoms with Gasteiger partial charge in [-0.15, -0.1) is 0 Å². The van der Waals surface area contributed by atoms with Crippen LogP contribution in [0.4, 0.5) is 4.79 Å². The molecular weight excluding hydrogens is 238 g/mol. The van der Waals surface area contributed by atoms with Crippen molar-refractivity contribution in [3.05, 3.63) is 24.0 Å². The van der Waals surface area contributed by atoms with Gasteiger partial charge in [-0.1, -0.05) is 5.16 Å². The van der Waals surface area contributed by atoms with E-state index < -0.39 is 12.2 Å². The lowest BCUT2D eigenvalue weighted by Gasteiger charge is -2.04. The van der Waals surface area contributed by atoms with Gasteiger partial charge in [0.1, 0.15) is 12.0 Å². The van der Waals surface area contributed by atoms with Crippen LogP contribution in [0.5, 0.6) is 0 Å². The molecule has 2 N–H and O–H groups in total. The van der Waals surface area contributed by atoms with E-state index in [1.807, 2.05) is 6.92 Å². The fourth-order valence-corrected chi connectivity index (χ4v) is 1.31. The minimum Gasteiger partial charge on any atom is -0.437 e. The lowest BCUT2D eigenvalue weighted by atomic mass is 10.3. The van der Waals surface area contributed by atoms with E-state index in [0.29, 0.717) is 11.5 Å². The van der Waals surface area contributed by atoms with Crippen LogP contribution in [-0.2, 0) is 4.74 Å². The topological polar surface area (TPSA) is 117 Å². The van der Waals surface area contributed by atoms with Gasteiger partial charge in [0.15, 0.2) is 6.10 Å². The number of aromatic nitrogens is 4. The van der Waals surface area contributed by atoms with E-state index in [2.05, 4.69) is 20.1 Å². The molecule has 0 saturated carbocycles. The molecule has 2 rings (SSSR count). The minimum absolute atomic E-state index is 0.153. The Morgan fingerprint density at radius 3 is 2.94 bits per heavy atom. The summed E-state index contributed by atoms with van der Waals surface area (Å²) in [6.45, 7) is 3.40. The van der Waals surface area contributed by atoms with Crippen molar-refractivity contribution in [3.63, 3.8) is 0 Å². The molecule has 2 aromatic rings. The molecule has 1 atom stereocenters. The first-order valence-electron chi connectivity index (χ1n) is 5.15. The van der Waals surface area contributed by atoms with Crippen LogP contribution in [0.1, 0.15) is 24.6 Å². The number of amides is 1. The summed E-state index contributed by atoms with van der Waals surface area (Å²) < 4.78 is 9.69. The summed E-state index contributed by atoms with van der Waals surface area (Å²) in [4.78, 5) is 22.6. The number of ether oxygens (including phenoxy) is 1. The summed E-state index contributed by atoms with van der Waals surface area (Å²) in [5.74, 6) is 0.454. The Bertz CT molecular complexity index is 568. The van der Waals surface area contributed by atoms with Gasteiger partial charge in [-0.3, -0.25) is 0 Å². The maximum Gasteiger partial charge on any atom is 0.405 e. The van der Waals surface area contributed by atoms with Crippen molar-refractivity contribution < 1.29 is 14.1 Å². The van der Waals surface area contributed by atoms with Crippen LogP contribution in [0.25, 0.3) is 11.5 Å². The van der Waals surface area contributed by atoms with Gasteiger partial charge in [-0.05, 0) is 19.9 Å². The van der Waals surface area contributed by atoms with Crippen molar-refractivity contribution >= 4 is 6.09 Å². The normalized spacial score (nSPS) is 12.1. The highest BCUT2D eigenvalue weighted by Gasteiger charge is 2.18. The van der Waals surface area contributed by atoms with Crippen molar-refractivity contribution in [1.82, 2.24) is 20.1 Å². The highest BCUT2D eigenvalue weighted by atomic mass is 16.6. The van der Waals surface area contributed by atoms with Gasteiger partial charge < -0.3 is 15.0 Å². The van der Waals surface area contributed by atoms with Crippen LogP contribution in [0.15, 0.2) is 16.9 Å². The number of primary amides is 1. The van der Waals surface area contributed by atoms with Crippen LogP contribution in [-0.4, -0.2) is 26.2 Å². The van der Waals surface area contributed by atoms with Gasteiger partial charge in [0.05, 0.1) is 0 Å². The molecule has 18 heavy (non-hydrogen) atoms. The molecule has 8 nitrogen and oxygen atoms in total. The molecule has 0 aliphatic heterocycles. The zero-order chi connectivity index (χ0) is 13.1. The molecule has 2 aromatic heterocycles. The standard InChI is InChI=1S/C10H11N5O3/c1-5-3-7(13-4-12-5)8-14-9(18-15-8)6(2)17-10(11)16/h3-4,6H,1-2H3,(H2,11,16). The van der Waals surface area contributed by atoms with Gasteiger partial charge in [0.2, 0.25) is 5.82 Å². The van der Waals surface area contributed by atoms with Gasteiger partial charge in [-0.25, -0.2) is 14.8 Å². The smallest absolute Gasteiger partial charge is 0.405 e. The van der Waals surface area contributed by atoms with Gasteiger partial charge in [0, 0.05) is 5.69 Å². The summed E-state index contributed by atoms with van der Waals surface area (Å²) in [5, 5.41) is 3.75. The molecule has 0 spiro atoms. The first-order chi connectivity index (χ1) is 8.56. The molecule has 8 heteroatoms. The van der Waals surface area contributed by atoms with Crippen LogP contribution in [0.2, 0.25) is 0 Å². The number of hydrogen-bond acceptors (Lipinski definition) is 7. The Hall–Kier alpha value is -2.51. The van der Waals surface area contributed by atoms with Gasteiger partial charge >= 0.3 is 6.09 Å². The lowest BCUT2D eigenvalue weighted by Crippen LogP contribution is -2.15.